The number of nitrogens with zero attached hydrogens (tertiary/aromatic N) is 2. The Kier molecular flexibility index (Phi) is 7.08. The largest absolute Gasteiger partial charge is 0.411 e. The molecular weight excluding hydrogens is 452 g/mol. The molecular formula is C21H22N4O5S2. The molecule has 1 saturated heterocycles. The Labute approximate surface area is 190 Å². The highest BCUT2D eigenvalue weighted by atomic mass is 32.2. The van der Waals surface area contributed by atoms with E-state index in [1.54, 1.807) is 42.5 Å². The fourth-order valence-electron chi connectivity index (χ4n) is 3.09. The molecule has 0 radical (unpaired) electrons. The van der Waals surface area contributed by atoms with Crippen molar-refractivity contribution in [2.24, 2.45) is 0 Å². The monoisotopic (exact) mass is 474 g/mol. The molecule has 0 aliphatic carbocycles. The lowest BCUT2D eigenvalue weighted by molar-refractivity contribution is -0.119. The molecule has 32 heavy (non-hydrogen) atoms. The second-order valence-electron chi connectivity index (χ2n) is 7.10. The molecule has 0 unspecified atom stereocenters. The van der Waals surface area contributed by atoms with Crippen molar-refractivity contribution in [3.8, 4) is 11.5 Å². The molecule has 0 spiro atoms. The second-order valence-corrected chi connectivity index (χ2v) is 9.71. The Morgan fingerprint density at radius 1 is 1.09 bits per heavy atom. The van der Waals surface area contributed by atoms with E-state index in [1.165, 1.54) is 12.1 Å². The van der Waals surface area contributed by atoms with Crippen molar-refractivity contribution in [1.29, 1.82) is 0 Å². The fraction of sp³-hybridized carbons (Fsp3) is 0.286. The third-order valence-electron chi connectivity index (χ3n) is 4.72. The molecule has 1 atom stereocenters. The number of benzene rings is 2. The van der Waals surface area contributed by atoms with Gasteiger partial charge in [0, 0.05) is 24.4 Å². The van der Waals surface area contributed by atoms with Gasteiger partial charge in [-0.2, -0.15) is 0 Å². The van der Waals surface area contributed by atoms with Gasteiger partial charge in [-0.25, -0.2) is 8.42 Å². The first-order valence-electron chi connectivity index (χ1n) is 10.0. The van der Waals surface area contributed by atoms with E-state index in [1.807, 2.05) is 0 Å². The Balaban J connectivity index is 1.30. The number of thioether (sulfide) groups is 1. The SMILES string of the molecule is O=C(CSc1nnc(-c2ccc(NS(=O)(=O)c3ccccc3)cc2)o1)NC[C@@H]1CCCO1. The number of nitrogens with one attached hydrogen (secondary N) is 2. The first kappa shape index (κ1) is 22.3. The number of aromatic nitrogens is 2. The zero-order chi connectivity index (χ0) is 22.4. The van der Waals surface area contributed by atoms with Crippen molar-refractivity contribution in [2.75, 3.05) is 23.6 Å². The lowest BCUT2D eigenvalue weighted by Gasteiger charge is -2.09. The number of carbonyl (C=O) groups is 1. The van der Waals surface area contributed by atoms with Gasteiger partial charge in [0.15, 0.2) is 0 Å². The molecule has 2 aromatic carbocycles. The van der Waals surface area contributed by atoms with Crippen molar-refractivity contribution in [2.45, 2.75) is 29.1 Å². The van der Waals surface area contributed by atoms with Crippen LogP contribution in [0.3, 0.4) is 0 Å². The topological polar surface area (TPSA) is 123 Å². The van der Waals surface area contributed by atoms with Gasteiger partial charge in [0.25, 0.3) is 15.2 Å². The maximum atomic E-state index is 12.4. The van der Waals surface area contributed by atoms with Crippen LogP contribution < -0.4 is 10.0 Å². The molecule has 0 saturated carbocycles. The Morgan fingerprint density at radius 2 is 1.88 bits per heavy atom. The van der Waals surface area contributed by atoms with Gasteiger partial charge in [-0.05, 0) is 49.2 Å². The van der Waals surface area contributed by atoms with Crippen LogP contribution in [0.2, 0.25) is 0 Å². The van der Waals surface area contributed by atoms with E-state index in [2.05, 4.69) is 20.2 Å². The summed E-state index contributed by atoms with van der Waals surface area (Å²) in [5.74, 6) is 0.319. The predicted molar refractivity (Wildman–Crippen MR) is 120 cm³/mol. The summed E-state index contributed by atoms with van der Waals surface area (Å²) in [4.78, 5) is 12.2. The van der Waals surface area contributed by atoms with Crippen LogP contribution in [0.1, 0.15) is 12.8 Å². The Morgan fingerprint density at radius 3 is 2.59 bits per heavy atom. The molecule has 2 N–H and O–H groups in total. The molecule has 1 amide bonds. The Bertz CT molecular complexity index is 1140. The molecule has 168 valence electrons. The van der Waals surface area contributed by atoms with Crippen LogP contribution in [0, 0.1) is 0 Å². The third kappa shape index (κ3) is 5.87. The molecule has 9 nitrogen and oxygen atoms in total. The predicted octanol–water partition coefficient (Wildman–Crippen LogP) is 2.92. The number of ether oxygens (including phenoxy) is 1. The number of hydrogen-bond acceptors (Lipinski definition) is 8. The van der Waals surface area contributed by atoms with Gasteiger partial charge in [0.1, 0.15) is 0 Å². The maximum absolute atomic E-state index is 12.4. The van der Waals surface area contributed by atoms with Gasteiger partial charge >= 0.3 is 0 Å². The highest BCUT2D eigenvalue weighted by Crippen LogP contribution is 2.25. The van der Waals surface area contributed by atoms with Gasteiger partial charge in [-0.15, -0.1) is 10.2 Å². The number of anilines is 1. The third-order valence-corrected chi connectivity index (χ3v) is 6.94. The molecule has 2 heterocycles. The second kappa shape index (κ2) is 10.2. The average Bonchev–Trinajstić information content (AvgIpc) is 3.49. The average molecular weight is 475 g/mol. The van der Waals surface area contributed by atoms with E-state index in [-0.39, 0.29) is 33.8 Å². The minimum Gasteiger partial charge on any atom is -0.411 e. The van der Waals surface area contributed by atoms with E-state index in [0.29, 0.717) is 17.8 Å². The van der Waals surface area contributed by atoms with Crippen molar-refractivity contribution < 1.29 is 22.4 Å². The normalized spacial score (nSPS) is 16.1. The van der Waals surface area contributed by atoms with Crippen LogP contribution in [0.25, 0.3) is 11.5 Å². The summed E-state index contributed by atoms with van der Waals surface area (Å²) in [5.41, 5.74) is 1.05. The van der Waals surface area contributed by atoms with Crippen molar-refractivity contribution in [3.63, 3.8) is 0 Å². The smallest absolute Gasteiger partial charge is 0.277 e. The maximum Gasteiger partial charge on any atom is 0.277 e. The molecule has 1 fully saturated rings. The van der Waals surface area contributed by atoms with Crippen LogP contribution in [0.5, 0.6) is 0 Å². The van der Waals surface area contributed by atoms with E-state index in [4.69, 9.17) is 9.15 Å². The number of hydrogen-bond donors (Lipinski definition) is 2. The van der Waals surface area contributed by atoms with E-state index in [9.17, 15) is 13.2 Å². The standard InChI is InChI=1S/C21H22N4O5S2/c26-19(22-13-17-5-4-12-29-17)14-31-21-24-23-20(30-21)15-8-10-16(11-9-15)25-32(27,28)18-6-2-1-3-7-18/h1-3,6-11,17,25H,4-5,12-14H2,(H,22,26)/t17-/m0/s1. The minimum absolute atomic E-state index is 0.0964. The van der Waals surface area contributed by atoms with E-state index >= 15 is 0 Å². The van der Waals surface area contributed by atoms with Gasteiger partial charge in [0.2, 0.25) is 11.8 Å². The molecule has 1 aliphatic heterocycles. The molecule has 11 heteroatoms. The zero-order valence-electron chi connectivity index (χ0n) is 17.1. The van der Waals surface area contributed by atoms with Gasteiger partial charge in [0.05, 0.1) is 16.8 Å². The lowest BCUT2D eigenvalue weighted by Crippen LogP contribution is -2.32. The van der Waals surface area contributed by atoms with Crippen molar-refractivity contribution >= 4 is 33.4 Å². The van der Waals surface area contributed by atoms with Crippen molar-refractivity contribution in [3.05, 3.63) is 54.6 Å². The highest BCUT2D eigenvalue weighted by molar-refractivity contribution is 7.99. The van der Waals surface area contributed by atoms with Gasteiger partial charge < -0.3 is 14.5 Å². The fourth-order valence-corrected chi connectivity index (χ4v) is 4.76. The number of carbonyl (C=O) groups excluding carboxylic acids is 1. The van der Waals surface area contributed by atoms with E-state index in [0.717, 1.165) is 31.2 Å². The number of sulfonamides is 1. The molecule has 1 aliphatic rings. The molecule has 3 aromatic rings. The van der Waals surface area contributed by atoms with Gasteiger partial charge in [-0.3, -0.25) is 9.52 Å². The summed E-state index contributed by atoms with van der Waals surface area (Å²) in [6, 6.07) is 14.7. The summed E-state index contributed by atoms with van der Waals surface area (Å²) < 4.78 is 38.4. The first-order chi connectivity index (χ1) is 15.5. The van der Waals surface area contributed by atoms with Crippen LogP contribution in [0.15, 0.2) is 69.1 Å². The van der Waals surface area contributed by atoms with E-state index < -0.39 is 10.0 Å². The summed E-state index contributed by atoms with van der Waals surface area (Å²) in [7, 11) is -3.66. The number of amides is 1. The summed E-state index contributed by atoms with van der Waals surface area (Å²) in [6.45, 7) is 1.26. The van der Waals surface area contributed by atoms with Gasteiger partial charge in [-0.1, -0.05) is 30.0 Å². The molecule has 4 rings (SSSR count). The summed E-state index contributed by atoms with van der Waals surface area (Å²) in [6.07, 6.45) is 2.09. The van der Waals surface area contributed by atoms with Crippen LogP contribution in [0.4, 0.5) is 5.69 Å². The Hall–Kier alpha value is -2.89. The van der Waals surface area contributed by atoms with Crippen LogP contribution in [-0.2, 0) is 19.6 Å². The molecule has 1 aromatic heterocycles. The highest BCUT2D eigenvalue weighted by Gasteiger charge is 2.17. The summed E-state index contributed by atoms with van der Waals surface area (Å²) in [5, 5.41) is 11.1. The lowest BCUT2D eigenvalue weighted by atomic mass is 10.2. The quantitative estimate of drug-likeness (QED) is 0.454. The molecule has 0 bridgehead atoms. The zero-order valence-corrected chi connectivity index (χ0v) is 18.7. The summed E-state index contributed by atoms with van der Waals surface area (Å²) >= 11 is 1.15. The van der Waals surface area contributed by atoms with Crippen LogP contribution in [-0.4, -0.2) is 49.5 Å². The minimum atomic E-state index is -3.66. The van der Waals surface area contributed by atoms with Crippen LogP contribution >= 0.6 is 11.8 Å². The van der Waals surface area contributed by atoms with Crippen molar-refractivity contribution in [1.82, 2.24) is 15.5 Å². The number of rotatable bonds is 9. The first-order valence-corrected chi connectivity index (χ1v) is 12.5.